The summed E-state index contributed by atoms with van der Waals surface area (Å²) in [5.74, 6) is 0.584. The van der Waals surface area contributed by atoms with E-state index in [1.54, 1.807) is 0 Å². The molecule has 1 atom stereocenters. The Labute approximate surface area is 89.9 Å². The van der Waals surface area contributed by atoms with Gasteiger partial charge in [0.2, 0.25) is 0 Å². The van der Waals surface area contributed by atoms with Crippen LogP contribution in [-0.4, -0.2) is 5.38 Å². The Balaban J connectivity index is 2.39. The SMILES string of the molecule is Cc1sccc1CCC(Cl)C(C)C. The van der Waals surface area contributed by atoms with Crippen molar-refractivity contribution in [3.63, 3.8) is 0 Å². The molecule has 74 valence electrons. The van der Waals surface area contributed by atoms with Gasteiger partial charge in [0.1, 0.15) is 0 Å². The third-order valence-corrected chi connectivity index (χ3v) is 3.99. The molecule has 1 aromatic rings. The fourth-order valence-corrected chi connectivity index (χ4v) is 2.16. The van der Waals surface area contributed by atoms with Crippen LogP contribution >= 0.6 is 22.9 Å². The third-order valence-electron chi connectivity index (χ3n) is 2.38. The summed E-state index contributed by atoms with van der Waals surface area (Å²) in [6, 6.07) is 2.21. The molecule has 0 bridgehead atoms. The highest BCUT2D eigenvalue weighted by Crippen LogP contribution is 2.21. The van der Waals surface area contributed by atoms with E-state index in [-0.39, 0.29) is 0 Å². The monoisotopic (exact) mass is 216 g/mol. The molecule has 1 heterocycles. The molecule has 0 N–H and O–H groups in total. The van der Waals surface area contributed by atoms with Crippen molar-refractivity contribution < 1.29 is 0 Å². The fraction of sp³-hybridized carbons (Fsp3) is 0.636. The van der Waals surface area contributed by atoms with Crippen molar-refractivity contribution in [2.75, 3.05) is 0 Å². The first-order valence-corrected chi connectivity index (χ1v) is 6.10. The predicted octanol–water partition coefficient (Wildman–Crippen LogP) is 4.25. The molecule has 0 saturated heterocycles. The van der Waals surface area contributed by atoms with Crippen LogP contribution in [0.15, 0.2) is 11.4 Å². The third kappa shape index (κ3) is 3.32. The van der Waals surface area contributed by atoms with Crippen molar-refractivity contribution in [2.45, 2.75) is 39.0 Å². The summed E-state index contributed by atoms with van der Waals surface area (Å²) in [6.45, 7) is 6.54. The summed E-state index contributed by atoms with van der Waals surface area (Å²) in [6.07, 6.45) is 2.22. The molecular formula is C11H17ClS. The van der Waals surface area contributed by atoms with E-state index < -0.39 is 0 Å². The molecular weight excluding hydrogens is 200 g/mol. The molecule has 1 rings (SSSR count). The normalized spacial score (nSPS) is 13.6. The molecule has 13 heavy (non-hydrogen) atoms. The van der Waals surface area contributed by atoms with Crippen LogP contribution in [0, 0.1) is 12.8 Å². The summed E-state index contributed by atoms with van der Waals surface area (Å²) in [5, 5.41) is 2.47. The number of rotatable bonds is 4. The van der Waals surface area contributed by atoms with Crippen molar-refractivity contribution in [1.82, 2.24) is 0 Å². The van der Waals surface area contributed by atoms with Crippen molar-refractivity contribution in [3.8, 4) is 0 Å². The van der Waals surface area contributed by atoms with Gasteiger partial charge in [-0.3, -0.25) is 0 Å². The van der Waals surface area contributed by atoms with E-state index >= 15 is 0 Å². The Hall–Kier alpha value is -0.0100. The number of aryl methyl sites for hydroxylation is 2. The summed E-state index contributed by atoms with van der Waals surface area (Å²) in [5.41, 5.74) is 1.47. The van der Waals surface area contributed by atoms with Gasteiger partial charge in [-0.25, -0.2) is 0 Å². The maximum atomic E-state index is 6.19. The molecule has 0 radical (unpaired) electrons. The smallest absolute Gasteiger partial charge is 0.0362 e. The molecule has 0 aliphatic rings. The zero-order chi connectivity index (χ0) is 9.84. The van der Waals surface area contributed by atoms with Gasteiger partial charge in [-0.2, -0.15) is 0 Å². The highest BCUT2D eigenvalue weighted by molar-refractivity contribution is 7.10. The van der Waals surface area contributed by atoms with Crippen molar-refractivity contribution >= 4 is 22.9 Å². The Morgan fingerprint density at radius 1 is 1.46 bits per heavy atom. The maximum absolute atomic E-state index is 6.19. The Morgan fingerprint density at radius 2 is 2.15 bits per heavy atom. The van der Waals surface area contributed by atoms with Crippen LogP contribution in [0.4, 0.5) is 0 Å². The van der Waals surface area contributed by atoms with Gasteiger partial charge < -0.3 is 0 Å². The van der Waals surface area contributed by atoms with Crippen LogP contribution in [0.2, 0.25) is 0 Å². The van der Waals surface area contributed by atoms with E-state index in [0.29, 0.717) is 11.3 Å². The topological polar surface area (TPSA) is 0 Å². The molecule has 0 aliphatic carbocycles. The number of halogens is 1. The van der Waals surface area contributed by atoms with E-state index in [1.807, 2.05) is 11.3 Å². The van der Waals surface area contributed by atoms with Gasteiger partial charge >= 0.3 is 0 Å². The zero-order valence-corrected chi connectivity index (χ0v) is 10.1. The second-order valence-corrected chi connectivity index (χ2v) is 5.48. The molecule has 0 aliphatic heterocycles. The Bertz CT molecular complexity index is 252. The first kappa shape index (κ1) is 11.1. The summed E-state index contributed by atoms with van der Waals surface area (Å²) in [4.78, 5) is 1.44. The molecule has 0 spiro atoms. The van der Waals surface area contributed by atoms with E-state index in [9.17, 15) is 0 Å². The zero-order valence-electron chi connectivity index (χ0n) is 8.51. The molecule has 0 saturated carbocycles. The highest BCUT2D eigenvalue weighted by atomic mass is 35.5. The largest absolute Gasteiger partial charge is 0.149 e. The average Bonchev–Trinajstić information content (AvgIpc) is 2.47. The lowest BCUT2D eigenvalue weighted by molar-refractivity contribution is 0.565. The van der Waals surface area contributed by atoms with Crippen LogP contribution in [-0.2, 0) is 6.42 Å². The van der Waals surface area contributed by atoms with Gasteiger partial charge in [0.25, 0.3) is 0 Å². The summed E-state index contributed by atoms with van der Waals surface area (Å²) in [7, 11) is 0. The molecule has 2 heteroatoms. The molecule has 0 aromatic carbocycles. The van der Waals surface area contributed by atoms with Crippen LogP contribution in [0.5, 0.6) is 0 Å². The first-order chi connectivity index (χ1) is 6.11. The Kier molecular flexibility index (Phi) is 4.27. The minimum atomic E-state index is 0.319. The molecule has 1 aromatic heterocycles. The Morgan fingerprint density at radius 3 is 2.62 bits per heavy atom. The van der Waals surface area contributed by atoms with Crippen LogP contribution in [0.3, 0.4) is 0 Å². The van der Waals surface area contributed by atoms with Crippen molar-refractivity contribution in [3.05, 3.63) is 21.9 Å². The molecule has 1 unspecified atom stereocenters. The van der Waals surface area contributed by atoms with E-state index in [2.05, 4.69) is 32.2 Å². The van der Waals surface area contributed by atoms with Gasteiger partial charge in [-0.15, -0.1) is 22.9 Å². The second kappa shape index (κ2) is 5.02. The minimum Gasteiger partial charge on any atom is -0.149 e. The molecule has 0 amide bonds. The number of thiophene rings is 1. The fourth-order valence-electron chi connectivity index (χ4n) is 1.30. The minimum absolute atomic E-state index is 0.319. The van der Waals surface area contributed by atoms with Crippen LogP contribution < -0.4 is 0 Å². The van der Waals surface area contributed by atoms with Gasteiger partial charge in [0.15, 0.2) is 0 Å². The van der Waals surface area contributed by atoms with Gasteiger partial charge in [0.05, 0.1) is 0 Å². The predicted molar refractivity (Wildman–Crippen MR) is 61.9 cm³/mol. The van der Waals surface area contributed by atoms with E-state index in [1.165, 1.54) is 10.4 Å². The van der Waals surface area contributed by atoms with Gasteiger partial charge in [-0.05, 0) is 42.7 Å². The van der Waals surface area contributed by atoms with Gasteiger partial charge in [0, 0.05) is 10.3 Å². The van der Waals surface area contributed by atoms with E-state index in [0.717, 1.165) is 12.8 Å². The summed E-state index contributed by atoms with van der Waals surface area (Å²) < 4.78 is 0. The number of hydrogen-bond acceptors (Lipinski definition) is 1. The maximum Gasteiger partial charge on any atom is 0.0362 e. The highest BCUT2D eigenvalue weighted by Gasteiger charge is 2.10. The lowest BCUT2D eigenvalue weighted by atomic mass is 10.0. The van der Waals surface area contributed by atoms with Gasteiger partial charge in [-0.1, -0.05) is 13.8 Å². The number of alkyl halides is 1. The van der Waals surface area contributed by atoms with Crippen molar-refractivity contribution in [2.24, 2.45) is 5.92 Å². The lowest BCUT2D eigenvalue weighted by Gasteiger charge is -2.12. The first-order valence-electron chi connectivity index (χ1n) is 4.78. The number of hydrogen-bond donors (Lipinski definition) is 0. The lowest BCUT2D eigenvalue weighted by Crippen LogP contribution is -2.08. The standard InChI is InChI=1S/C11H17ClS/c1-8(2)11(12)5-4-10-6-7-13-9(10)3/h6-8,11H,4-5H2,1-3H3. The summed E-state index contributed by atoms with van der Waals surface area (Å²) >= 11 is 8.01. The molecule has 0 nitrogen and oxygen atoms in total. The molecule has 0 fully saturated rings. The van der Waals surface area contributed by atoms with Crippen LogP contribution in [0.1, 0.15) is 30.7 Å². The average molecular weight is 217 g/mol. The van der Waals surface area contributed by atoms with E-state index in [4.69, 9.17) is 11.6 Å². The van der Waals surface area contributed by atoms with Crippen LogP contribution in [0.25, 0.3) is 0 Å². The van der Waals surface area contributed by atoms with Crippen molar-refractivity contribution in [1.29, 1.82) is 0 Å². The second-order valence-electron chi connectivity index (χ2n) is 3.80. The quantitative estimate of drug-likeness (QED) is 0.660.